The van der Waals surface area contributed by atoms with Gasteiger partial charge in [0.05, 0.1) is 22.0 Å². The van der Waals surface area contributed by atoms with Gasteiger partial charge in [0.15, 0.2) is 9.84 Å². The van der Waals surface area contributed by atoms with Crippen LogP contribution in [-0.4, -0.2) is 25.6 Å². The number of fused-ring (bicyclic) bond motifs is 1. The number of carbonyl (C=O) groups is 2. The molecule has 0 spiro atoms. The van der Waals surface area contributed by atoms with Crippen molar-refractivity contribution in [2.24, 2.45) is 11.8 Å². The summed E-state index contributed by atoms with van der Waals surface area (Å²) in [6, 6.07) is 8.07. The van der Waals surface area contributed by atoms with E-state index in [-0.39, 0.29) is 11.3 Å². The first-order chi connectivity index (χ1) is 9.50. The quantitative estimate of drug-likeness (QED) is 0.463. The molecule has 0 saturated carbocycles. The Hall–Kier alpha value is -1.95. The number of esters is 2. The first-order valence-electron chi connectivity index (χ1n) is 6.23. The lowest BCUT2D eigenvalue weighted by Gasteiger charge is -2.22. The molecule has 0 bridgehead atoms. The highest BCUT2D eigenvalue weighted by molar-refractivity contribution is 7.92. The molecule has 0 amide bonds. The Morgan fingerprint density at radius 1 is 1.00 bits per heavy atom. The molecule has 20 heavy (non-hydrogen) atoms. The van der Waals surface area contributed by atoms with Gasteiger partial charge in [-0.05, 0) is 18.6 Å². The van der Waals surface area contributed by atoms with Crippen LogP contribution in [0, 0.1) is 11.8 Å². The van der Waals surface area contributed by atoms with E-state index >= 15 is 0 Å². The lowest BCUT2D eigenvalue weighted by atomic mass is 9.86. The summed E-state index contributed by atoms with van der Waals surface area (Å²) in [5.74, 6) is -2.54. The van der Waals surface area contributed by atoms with Gasteiger partial charge in [-0.3, -0.25) is 9.59 Å². The smallest absolute Gasteiger partial charge is 0.321 e. The van der Waals surface area contributed by atoms with Crippen molar-refractivity contribution < 1.29 is 22.7 Å². The second kappa shape index (κ2) is 4.56. The molecule has 1 fully saturated rings. The molecule has 1 aromatic rings. The van der Waals surface area contributed by atoms with Gasteiger partial charge in [-0.1, -0.05) is 30.4 Å². The van der Waals surface area contributed by atoms with Crippen LogP contribution < -0.4 is 0 Å². The summed E-state index contributed by atoms with van der Waals surface area (Å²) in [4.78, 5) is 23.2. The summed E-state index contributed by atoms with van der Waals surface area (Å²) in [7, 11) is -3.55. The van der Waals surface area contributed by atoms with Crippen LogP contribution in [0.4, 0.5) is 0 Å². The molecule has 0 radical (unpaired) electrons. The van der Waals surface area contributed by atoms with E-state index in [4.69, 9.17) is 0 Å². The summed E-state index contributed by atoms with van der Waals surface area (Å²) < 4.78 is 29.5. The van der Waals surface area contributed by atoms with E-state index < -0.39 is 38.9 Å². The first-order valence-corrected chi connectivity index (χ1v) is 7.77. The van der Waals surface area contributed by atoms with Crippen molar-refractivity contribution in [3.63, 3.8) is 0 Å². The highest BCUT2D eigenvalue weighted by Gasteiger charge is 2.47. The minimum Gasteiger partial charge on any atom is -0.392 e. The van der Waals surface area contributed by atoms with Crippen molar-refractivity contribution in [2.75, 3.05) is 0 Å². The van der Waals surface area contributed by atoms with Crippen LogP contribution in [0.5, 0.6) is 0 Å². The van der Waals surface area contributed by atoms with Crippen LogP contribution in [0.3, 0.4) is 0 Å². The number of benzene rings is 1. The molecule has 3 atom stereocenters. The average molecular weight is 292 g/mol. The van der Waals surface area contributed by atoms with Crippen LogP contribution in [0.25, 0.3) is 0 Å². The lowest BCUT2D eigenvalue weighted by molar-refractivity contribution is -0.153. The molecule has 5 nitrogen and oxygen atoms in total. The highest BCUT2D eigenvalue weighted by Crippen LogP contribution is 2.36. The third-order valence-electron chi connectivity index (χ3n) is 3.70. The zero-order valence-corrected chi connectivity index (χ0v) is 11.2. The van der Waals surface area contributed by atoms with Gasteiger partial charge < -0.3 is 4.74 Å². The maximum Gasteiger partial charge on any atom is 0.321 e. The lowest BCUT2D eigenvalue weighted by Crippen LogP contribution is -2.31. The molecule has 3 rings (SSSR count). The van der Waals surface area contributed by atoms with E-state index in [0.29, 0.717) is 0 Å². The molecule has 1 aliphatic carbocycles. The van der Waals surface area contributed by atoms with E-state index in [2.05, 4.69) is 4.74 Å². The zero-order chi connectivity index (χ0) is 14.3. The highest BCUT2D eigenvalue weighted by atomic mass is 32.2. The monoisotopic (exact) mass is 292 g/mol. The van der Waals surface area contributed by atoms with Gasteiger partial charge >= 0.3 is 11.9 Å². The Morgan fingerprint density at radius 3 is 2.40 bits per heavy atom. The van der Waals surface area contributed by atoms with Gasteiger partial charge in [-0.25, -0.2) is 8.42 Å². The van der Waals surface area contributed by atoms with Crippen LogP contribution in [0.1, 0.15) is 6.42 Å². The molecular formula is C14H12O5S. The number of carbonyl (C=O) groups excluding carboxylic acids is 2. The molecule has 6 heteroatoms. The maximum absolute atomic E-state index is 12.5. The predicted octanol–water partition coefficient (Wildman–Crippen LogP) is 1.10. The normalized spacial score (nSPS) is 29.1. The zero-order valence-electron chi connectivity index (χ0n) is 10.4. The molecule has 2 aliphatic rings. The number of ether oxygens (including phenoxy) is 1. The molecule has 3 unspecified atom stereocenters. The second-order valence-electron chi connectivity index (χ2n) is 4.89. The Kier molecular flexibility index (Phi) is 2.97. The van der Waals surface area contributed by atoms with Gasteiger partial charge in [0.1, 0.15) is 0 Å². The SMILES string of the molecule is O=C1OC(=O)C2CC(S(=O)(=O)c3ccccc3)C=CC12. The van der Waals surface area contributed by atoms with Gasteiger partial charge in [0.25, 0.3) is 0 Å². The number of hydrogen-bond acceptors (Lipinski definition) is 5. The minimum absolute atomic E-state index is 0.0863. The molecule has 1 saturated heterocycles. The van der Waals surface area contributed by atoms with E-state index in [0.717, 1.165) is 0 Å². The van der Waals surface area contributed by atoms with Crippen molar-refractivity contribution in [3.05, 3.63) is 42.5 Å². The molecule has 0 N–H and O–H groups in total. The number of rotatable bonds is 2. The van der Waals surface area contributed by atoms with Crippen molar-refractivity contribution >= 4 is 21.8 Å². The second-order valence-corrected chi connectivity index (χ2v) is 7.06. The summed E-state index contributed by atoms with van der Waals surface area (Å²) in [5.41, 5.74) is 0. The van der Waals surface area contributed by atoms with Crippen LogP contribution >= 0.6 is 0 Å². The minimum atomic E-state index is -3.55. The Labute approximate surface area is 116 Å². The van der Waals surface area contributed by atoms with Gasteiger partial charge in [0.2, 0.25) is 0 Å². The molecule has 1 heterocycles. The Morgan fingerprint density at radius 2 is 1.70 bits per heavy atom. The predicted molar refractivity (Wildman–Crippen MR) is 69.3 cm³/mol. The summed E-state index contributed by atoms with van der Waals surface area (Å²) >= 11 is 0. The Bertz CT molecular complexity index is 690. The van der Waals surface area contributed by atoms with Crippen LogP contribution in [0.2, 0.25) is 0 Å². The average Bonchev–Trinajstić information content (AvgIpc) is 2.75. The molecule has 1 aromatic carbocycles. The van der Waals surface area contributed by atoms with Crippen molar-refractivity contribution in [2.45, 2.75) is 16.6 Å². The van der Waals surface area contributed by atoms with Crippen LogP contribution in [-0.2, 0) is 24.2 Å². The van der Waals surface area contributed by atoms with E-state index in [1.165, 1.54) is 24.3 Å². The molecule has 1 aliphatic heterocycles. The van der Waals surface area contributed by atoms with Crippen molar-refractivity contribution in [3.8, 4) is 0 Å². The Balaban J connectivity index is 1.94. The summed E-state index contributed by atoms with van der Waals surface area (Å²) in [6.07, 6.45) is 3.05. The fraction of sp³-hybridized carbons (Fsp3) is 0.286. The molecule has 0 aromatic heterocycles. The molecule has 104 valence electrons. The largest absolute Gasteiger partial charge is 0.392 e. The van der Waals surface area contributed by atoms with Crippen molar-refractivity contribution in [1.82, 2.24) is 0 Å². The number of sulfone groups is 1. The number of cyclic esters (lactones) is 2. The van der Waals surface area contributed by atoms with Gasteiger partial charge in [-0.15, -0.1) is 0 Å². The third kappa shape index (κ3) is 1.96. The van der Waals surface area contributed by atoms with Crippen molar-refractivity contribution in [1.29, 1.82) is 0 Å². The first kappa shape index (κ1) is 13.1. The topological polar surface area (TPSA) is 77.5 Å². The fourth-order valence-electron chi connectivity index (χ4n) is 2.60. The maximum atomic E-state index is 12.5. The van der Waals surface area contributed by atoms with Gasteiger partial charge in [0, 0.05) is 0 Å². The summed E-state index contributed by atoms with van der Waals surface area (Å²) in [5, 5.41) is -0.801. The standard InChI is InChI=1S/C14H12O5S/c15-13-11-7-6-10(8-12(11)14(16)19-13)20(17,18)9-4-2-1-3-5-9/h1-7,10-12H,8H2. The molecular weight excluding hydrogens is 280 g/mol. The fourth-order valence-corrected chi connectivity index (χ4v) is 4.24. The summed E-state index contributed by atoms with van der Waals surface area (Å²) in [6.45, 7) is 0. The van der Waals surface area contributed by atoms with Gasteiger partial charge in [-0.2, -0.15) is 0 Å². The van der Waals surface area contributed by atoms with E-state index in [1.54, 1.807) is 18.2 Å². The van der Waals surface area contributed by atoms with Crippen LogP contribution in [0.15, 0.2) is 47.4 Å². The van der Waals surface area contributed by atoms with E-state index in [1.807, 2.05) is 0 Å². The third-order valence-corrected chi connectivity index (χ3v) is 5.78. The number of hydrogen-bond donors (Lipinski definition) is 0. The van der Waals surface area contributed by atoms with E-state index in [9.17, 15) is 18.0 Å².